The van der Waals surface area contributed by atoms with Crippen LogP contribution >= 0.6 is 0 Å². The Morgan fingerprint density at radius 2 is 1.94 bits per heavy atom. The summed E-state index contributed by atoms with van der Waals surface area (Å²) in [6.45, 7) is 5.16. The fourth-order valence-corrected chi connectivity index (χ4v) is 3.27. The zero-order valence-corrected chi connectivity index (χ0v) is 18.1. The number of fused-ring (bicyclic) bond motifs is 1. The van der Waals surface area contributed by atoms with Crippen molar-refractivity contribution in [2.45, 2.75) is 57.5 Å². The van der Waals surface area contributed by atoms with Gasteiger partial charge in [0.05, 0.1) is 5.56 Å². The first kappa shape index (κ1) is 23.6. The van der Waals surface area contributed by atoms with Crippen molar-refractivity contribution in [2.75, 3.05) is 0 Å². The topological polar surface area (TPSA) is 99.9 Å². The highest BCUT2D eigenvalue weighted by molar-refractivity contribution is 5.90. The smallest absolute Gasteiger partial charge is 0.416 e. The Hall–Kier alpha value is -3.07. The van der Waals surface area contributed by atoms with Gasteiger partial charge in [0, 0.05) is 0 Å². The summed E-state index contributed by atoms with van der Waals surface area (Å²) < 4.78 is 49.9. The number of carbonyl (C=O) groups excluding carboxylic acids is 1. The molecule has 4 N–H and O–H groups in total. The molecule has 0 spiro atoms. The minimum atomic E-state index is -4.41. The summed E-state index contributed by atoms with van der Waals surface area (Å²) in [5, 5.41) is 0. The molecular formula is C23H26F3N3O3. The second-order valence-corrected chi connectivity index (χ2v) is 8.38. The van der Waals surface area contributed by atoms with Crippen molar-refractivity contribution in [2.24, 2.45) is 16.5 Å². The molecule has 2 unspecified atom stereocenters. The van der Waals surface area contributed by atoms with Crippen LogP contribution in [-0.2, 0) is 22.1 Å². The molecule has 0 saturated carbocycles. The lowest BCUT2D eigenvalue weighted by Crippen LogP contribution is -2.34. The first-order chi connectivity index (χ1) is 14.9. The predicted molar refractivity (Wildman–Crippen MR) is 115 cm³/mol. The third kappa shape index (κ3) is 5.59. The number of amidine groups is 1. The van der Waals surface area contributed by atoms with E-state index in [1.807, 2.05) is 0 Å². The number of esters is 1. The number of ether oxygens (including phenoxy) is 2. The van der Waals surface area contributed by atoms with E-state index in [9.17, 15) is 18.0 Å². The van der Waals surface area contributed by atoms with Gasteiger partial charge in [0.1, 0.15) is 28.9 Å². The number of carbonyl (C=O) groups is 1. The fraction of sp³-hybridized carbons (Fsp3) is 0.391. The Kier molecular flexibility index (Phi) is 6.50. The second-order valence-electron chi connectivity index (χ2n) is 8.38. The molecule has 2 aromatic carbocycles. The summed E-state index contributed by atoms with van der Waals surface area (Å²) in [5.74, 6) is 0.208. The van der Waals surface area contributed by atoms with Crippen molar-refractivity contribution in [3.63, 3.8) is 0 Å². The van der Waals surface area contributed by atoms with Crippen molar-refractivity contribution >= 4 is 17.5 Å². The highest BCUT2D eigenvalue weighted by Gasteiger charge is 2.31. The molecule has 1 aliphatic heterocycles. The number of hydrogen-bond acceptors (Lipinski definition) is 6. The lowest BCUT2D eigenvalue weighted by molar-refractivity contribution is -0.158. The number of aryl methyl sites for hydroxylation is 1. The van der Waals surface area contributed by atoms with Crippen LogP contribution < -0.4 is 16.2 Å². The number of alkyl halides is 3. The van der Waals surface area contributed by atoms with Gasteiger partial charge in [-0.15, -0.1) is 0 Å². The average Bonchev–Trinajstić information content (AvgIpc) is 2.71. The van der Waals surface area contributed by atoms with Crippen LogP contribution in [0.3, 0.4) is 0 Å². The van der Waals surface area contributed by atoms with Gasteiger partial charge in [-0.3, -0.25) is 0 Å². The Bertz CT molecular complexity index is 1030. The second kappa shape index (κ2) is 8.82. The summed E-state index contributed by atoms with van der Waals surface area (Å²) in [4.78, 5) is 16.9. The van der Waals surface area contributed by atoms with E-state index in [4.69, 9.17) is 20.9 Å². The maximum Gasteiger partial charge on any atom is 0.416 e. The van der Waals surface area contributed by atoms with Crippen molar-refractivity contribution in [1.82, 2.24) is 0 Å². The molecule has 0 amide bonds. The van der Waals surface area contributed by atoms with Gasteiger partial charge in [0.15, 0.2) is 6.10 Å². The lowest BCUT2D eigenvalue weighted by atomic mass is 9.97. The SMILES string of the molecule is CC1Oc2ccc(C(N)C(=O)OC(C)(C)CCc3cccc(C(F)(F)F)c3)cc2N=C1N. The van der Waals surface area contributed by atoms with Crippen LogP contribution in [0.15, 0.2) is 47.5 Å². The number of aliphatic imine (C=N–C) groups is 1. The van der Waals surface area contributed by atoms with Crippen LogP contribution in [0.4, 0.5) is 18.9 Å². The molecule has 2 aromatic rings. The van der Waals surface area contributed by atoms with E-state index >= 15 is 0 Å². The third-order valence-corrected chi connectivity index (χ3v) is 5.21. The van der Waals surface area contributed by atoms with E-state index in [1.165, 1.54) is 6.07 Å². The zero-order valence-electron chi connectivity index (χ0n) is 18.1. The molecule has 2 atom stereocenters. The van der Waals surface area contributed by atoms with Crippen LogP contribution in [0.2, 0.25) is 0 Å². The minimum Gasteiger partial charge on any atom is -0.481 e. The molecule has 0 aliphatic carbocycles. The number of nitrogens with two attached hydrogens (primary N) is 2. The molecule has 1 heterocycles. The average molecular weight is 449 g/mol. The van der Waals surface area contributed by atoms with Gasteiger partial charge in [0.2, 0.25) is 0 Å². The minimum absolute atomic E-state index is 0.307. The lowest BCUT2D eigenvalue weighted by Gasteiger charge is -2.27. The highest BCUT2D eigenvalue weighted by atomic mass is 19.4. The number of benzene rings is 2. The van der Waals surface area contributed by atoms with Gasteiger partial charge in [0.25, 0.3) is 0 Å². The molecule has 0 aromatic heterocycles. The molecule has 9 heteroatoms. The van der Waals surface area contributed by atoms with Gasteiger partial charge in [-0.25, -0.2) is 9.79 Å². The van der Waals surface area contributed by atoms with E-state index in [-0.39, 0.29) is 6.10 Å². The third-order valence-electron chi connectivity index (χ3n) is 5.21. The fourth-order valence-electron chi connectivity index (χ4n) is 3.27. The van der Waals surface area contributed by atoms with Crippen LogP contribution in [-0.4, -0.2) is 23.5 Å². The summed E-state index contributed by atoms with van der Waals surface area (Å²) in [5.41, 5.74) is 11.7. The maximum atomic E-state index is 12.9. The van der Waals surface area contributed by atoms with Crippen LogP contribution in [0.5, 0.6) is 5.75 Å². The Morgan fingerprint density at radius 1 is 1.22 bits per heavy atom. The van der Waals surface area contributed by atoms with Crippen LogP contribution in [0, 0.1) is 0 Å². The Labute approximate surface area is 184 Å². The van der Waals surface area contributed by atoms with Crippen LogP contribution in [0.25, 0.3) is 0 Å². The first-order valence-corrected chi connectivity index (χ1v) is 10.1. The first-order valence-electron chi connectivity index (χ1n) is 10.1. The van der Waals surface area contributed by atoms with Crippen molar-refractivity contribution < 1.29 is 27.4 Å². The van der Waals surface area contributed by atoms with Gasteiger partial charge >= 0.3 is 12.1 Å². The number of nitrogens with zero attached hydrogens (tertiary/aromatic N) is 1. The van der Waals surface area contributed by atoms with Crippen molar-refractivity contribution in [3.8, 4) is 5.75 Å². The molecule has 32 heavy (non-hydrogen) atoms. The van der Waals surface area contributed by atoms with Gasteiger partial charge in [-0.2, -0.15) is 13.2 Å². The summed E-state index contributed by atoms with van der Waals surface area (Å²) in [6, 6.07) is 8.98. The van der Waals surface area contributed by atoms with Crippen molar-refractivity contribution in [3.05, 3.63) is 59.2 Å². The summed E-state index contributed by atoms with van der Waals surface area (Å²) in [6.07, 6.45) is -4.12. The van der Waals surface area contributed by atoms with E-state index < -0.39 is 29.4 Å². The summed E-state index contributed by atoms with van der Waals surface area (Å²) >= 11 is 0. The number of rotatable bonds is 6. The molecule has 0 fully saturated rings. The quantitative estimate of drug-likeness (QED) is 0.636. The van der Waals surface area contributed by atoms with E-state index in [1.54, 1.807) is 45.0 Å². The van der Waals surface area contributed by atoms with Gasteiger partial charge in [-0.05, 0) is 62.9 Å². The number of halogens is 3. The molecule has 0 saturated heterocycles. The molecule has 172 valence electrons. The van der Waals surface area contributed by atoms with Gasteiger partial charge in [-0.1, -0.05) is 24.3 Å². The van der Waals surface area contributed by atoms with E-state index in [2.05, 4.69) is 4.99 Å². The molecule has 1 aliphatic rings. The maximum absolute atomic E-state index is 12.9. The molecule has 0 bridgehead atoms. The largest absolute Gasteiger partial charge is 0.481 e. The molecule has 6 nitrogen and oxygen atoms in total. The zero-order chi connectivity index (χ0) is 23.7. The summed E-state index contributed by atoms with van der Waals surface area (Å²) in [7, 11) is 0. The number of hydrogen-bond donors (Lipinski definition) is 2. The monoisotopic (exact) mass is 449 g/mol. The molecule has 0 radical (unpaired) electrons. The van der Waals surface area contributed by atoms with E-state index in [0.717, 1.165) is 12.1 Å². The van der Waals surface area contributed by atoms with Gasteiger partial charge < -0.3 is 20.9 Å². The highest BCUT2D eigenvalue weighted by Crippen LogP contribution is 2.35. The van der Waals surface area contributed by atoms with E-state index in [0.29, 0.717) is 41.2 Å². The normalized spacial score (nSPS) is 17.1. The molecular weight excluding hydrogens is 423 g/mol. The van der Waals surface area contributed by atoms with Crippen LogP contribution in [0.1, 0.15) is 49.9 Å². The standard InChI is InChI=1S/C23H26F3N3O3/c1-13-20(28)29-17-12-15(7-8-18(17)31-13)19(27)21(30)32-22(2,3)10-9-14-5-4-6-16(11-14)23(24,25)26/h4-8,11-13,19H,9-10,27H2,1-3H3,(H2,28,29). The Balaban J connectivity index is 1.64. The predicted octanol–water partition coefficient (Wildman–Crippen LogP) is 4.43. The van der Waals surface area contributed by atoms with Crippen molar-refractivity contribution in [1.29, 1.82) is 0 Å². The molecule has 3 rings (SSSR count). The Morgan fingerprint density at radius 3 is 2.62 bits per heavy atom.